The maximum atomic E-state index is 5.96. The summed E-state index contributed by atoms with van der Waals surface area (Å²) in [6.45, 7) is 5.05. The highest BCUT2D eigenvalue weighted by Gasteiger charge is 2.06. The van der Waals surface area contributed by atoms with Gasteiger partial charge in [0.1, 0.15) is 0 Å². The van der Waals surface area contributed by atoms with Crippen LogP contribution in [0.15, 0.2) is 42.5 Å². The predicted molar refractivity (Wildman–Crippen MR) is 82.9 cm³/mol. The Labute approximate surface area is 124 Å². The first-order valence-electron chi connectivity index (χ1n) is 6.30. The molecule has 0 radical (unpaired) electrons. The normalized spacial score (nSPS) is 12.4. The molecule has 2 aromatic carbocycles. The summed E-state index contributed by atoms with van der Waals surface area (Å²) in [4.78, 5) is 0. The van der Waals surface area contributed by atoms with Crippen molar-refractivity contribution in [2.45, 2.75) is 26.4 Å². The van der Waals surface area contributed by atoms with Crippen LogP contribution in [-0.2, 0) is 6.54 Å². The highest BCUT2D eigenvalue weighted by molar-refractivity contribution is 6.30. The van der Waals surface area contributed by atoms with Gasteiger partial charge in [-0.3, -0.25) is 0 Å². The lowest BCUT2D eigenvalue weighted by molar-refractivity contribution is 0.573. The van der Waals surface area contributed by atoms with E-state index < -0.39 is 0 Å². The van der Waals surface area contributed by atoms with Crippen molar-refractivity contribution >= 4 is 23.2 Å². The van der Waals surface area contributed by atoms with Crippen LogP contribution in [0.2, 0.25) is 10.0 Å². The number of hydrogen-bond acceptors (Lipinski definition) is 1. The van der Waals surface area contributed by atoms with E-state index in [1.54, 1.807) is 0 Å². The van der Waals surface area contributed by atoms with Gasteiger partial charge in [-0.2, -0.15) is 0 Å². The van der Waals surface area contributed by atoms with Crippen molar-refractivity contribution in [3.63, 3.8) is 0 Å². The van der Waals surface area contributed by atoms with Gasteiger partial charge < -0.3 is 5.32 Å². The molecule has 0 aliphatic heterocycles. The Morgan fingerprint density at radius 1 is 1.00 bits per heavy atom. The molecule has 100 valence electrons. The first-order chi connectivity index (χ1) is 9.06. The van der Waals surface area contributed by atoms with Crippen LogP contribution in [0, 0.1) is 6.92 Å². The van der Waals surface area contributed by atoms with E-state index in [0.717, 1.165) is 16.6 Å². The quantitative estimate of drug-likeness (QED) is 0.822. The standard InChI is InChI=1S/C16H17Cl2N/c1-11-9-16(18)8-5-14(11)10-19-12(2)13-3-6-15(17)7-4-13/h3-9,12,19H,10H2,1-2H3/t12-/m1/s1. The fourth-order valence-corrected chi connectivity index (χ4v) is 2.34. The zero-order chi connectivity index (χ0) is 13.8. The summed E-state index contributed by atoms with van der Waals surface area (Å²) >= 11 is 11.8. The second kappa shape index (κ2) is 6.42. The number of rotatable bonds is 4. The van der Waals surface area contributed by atoms with E-state index in [2.05, 4.69) is 37.4 Å². The van der Waals surface area contributed by atoms with Gasteiger partial charge >= 0.3 is 0 Å². The van der Waals surface area contributed by atoms with Gasteiger partial charge in [-0.05, 0) is 54.8 Å². The van der Waals surface area contributed by atoms with E-state index >= 15 is 0 Å². The number of aryl methyl sites for hydroxylation is 1. The summed E-state index contributed by atoms with van der Waals surface area (Å²) in [5, 5.41) is 5.06. The van der Waals surface area contributed by atoms with E-state index in [0.29, 0.717) is 0 Å². The maximum absolute atomic E-state index is 5.96. The molecule has 0 fully saturated rings. The molecule has 0 aromatic heterocycles. The molecule has 2 rings (SSSR count). The molecule has 0 saturated heterocycles. The van der Waals surface area contributed by atoms with E-state index in [1.807, 2.05) is 24.3 Å². The van der Waals surface area contributed by atoms with Gasteiger partial charge in [-0.15, -0.1) is 0 Å². The van der Waals surface area contributed by atoms with Crippen LogP contribution in [-0.4, -0.2) is 0 Å². The summed E-state index contributed by atoms with van der Waals surface area (Å²) in [6.07, 6.45) is 0. The Morgan fingerprint density at radius 2 is 1.63 bits per heavy atom. The van der Waals surface area contributed by atoms with Crippen LogP contribution in [0.1, 0.15) is 29.7 Å². The molecule has 1 nitrogen and oxygen atoms in total. The minimum Gasteiger partial charge on any atom is -0.306 e. The molecule has 2 aromatic rings. The van der Waals surface area contributed by atoms with Gasteiger partial charge in [0.2, 0.25) is 0 Å². The summed E-state index contributed by atoms with van der Waals surface area (Å²) in [7, 11) is 0. The first-order valence-corrected chi connectivity index (χ1v) is 7.06. The van der Waals surface area contributed by atoms with Crippen LogP contribution < -0.4 is 5.32 Å². The fraction of sp³-hybridized carbons (Fsp3) is 0.250. The van der Waals surface area contributed by atoms with Crippen molar-refractivity contribution in [1.82, 2.24) is 5.32 Å². The zero-order valence-corrected chi connectivity index (χ0v) is 12.6. The smallest absolute Gasteiger partial charge is 0.0408 e. The van der Waals surface area contributed by atoms with Crippen LogP contribution in [0.25, 0.3) is 0 Å². The van der Waals surface area contributed by atoms with Crippen molar-refractivity contribution in [2.75, 3.05) is 0 Å². The molecule has 0 saturated carbocycles. The van der Waals surface area contributed by atoms with Gasteiger partial charge in [0, 0.05) is 22.6 Å². The lowest BCUT2D eigenvalue weighted by Gasteiger charge is -2.15. The minimum atomic E-state index is 0.285. The summed E-state index contributed by atoms with van der Waals surface area (Å²) in [5.41, 5.74) is 3.71. The molecule has 3 heteroatoms. The van der Waals surface area contributed by atoms with Crippen molar-refractivity contribution in [3.05, 3.63) is 69.2 Å². The Balaban J connectivity index is 2.00. The molecule has 19 heavy (non-hydrogen) atoms. The number of benzene rings is 2. The van der Waals surface area contributed by atoms with Crippen molar-refractivity contribution < 1.29 is 0 Å². The highest BCUT2D eigenvalue weighted by atomic mass is 35.5. The molecule has 1 N–H and O–H groups in total. The number of halogens is 2. The number of hydrogen-bond donors (Lipinski definition) is 1. The minimum absolute atomic E-state index is 0.285. The zero-order valence-electron chi connectivity index (χ0n) is 11.1. The van der Waals surface area contributed by atoms with E-state index in [4.69, 9.17) is 23.2 Å². The molecular formula is C16H17Cl2N. The van der Waals surface area contributed by atoms with Gasteiger partial charge in [0.05, 0.1) is 0 Å². The third-order valence-electron chi connectivity index (χ3n) is 3.27. The monoisotopic (exact) mass is 293 g/mol. The molecule has 0 amide bonds. The molecular weight excluding hydrogens is 277 g/mol. The van der Waals surface area contributed by atoms with E-state index in [1.165, 1.54) is 16.7 Å². The van der Waals surface area contributed by atoms with Crippen molar-refractivity contribution in [1.29, 1.82) is 0 Å². The molecule has 0 spiro atoms. The van der Waals surface area contributed by atoms with Crippen LogP contribution >= 0.6 is 23.2 Å². The van der Waals surface area contributed by atoms with Gasteiger partial charge in [-0.1, -0.05) is 41.4 Å². The second-order valence-electron chi connectivity index (χ2n) is 4.72. The molecule has 0 aliphatic rings. The van der Waals surface area contributed by atoms with Crippen LogP contribution in [0.5, 0.6) is 0 Å². The Hall–Kier alpha value is -1.02. The van der Waals surface area contributed by atoms with E-state index in [9.17, 15) is 0 Å². The molecule has 0 unspecified atom stereocenters. The average molecular weight is 294 g/mol. The largest absolute Gasteiger partial charge is 0.306 e. The lowest BCUT2D eigenvalue weighted by Crippen LogP contribution is -2.18. The summed E-state index contributed by atoms with van der Waals surface area (Å²) in [5.74, 6) is 0. The third-order valence-corrected chi connectivity index (χ3v) is 3.76. The molecule has 0 heterocycles. The highest BCUT2D eigenvalue weighted by Crippen LogP contribution is 2.18. The van der Waals surface area contributed by atoms with Crippen molar-refractivity contribution in [3.8, 4) is 0 Å². The Kier molecular flexibility index (Phi) is 4.87. The fourth-order valence-electron chi connectivity index (χ4n) is 1.99. The lowest BCUT2D eigenvalue weighted by atomic mass is 10.1. The molecule has 1 atom stereocenters. The van der Waals surface area contributed by atoms with Gasteiger partial charge in [0.15, 0.2) is 0 Å². The van der Waals surface area contributed by atoms with Gasteiger partial charge in [-0.25, -0.2) is 0 Å². The SMILES string of the molecule is Cc1cc(Cl)ccc1CN[C@H](C)c1ccc(Cl)cc1. The van der Waals surface area contributed by atoms with Crippen LogP contribution in [0.4, 0.5) is 0 Å². The second-order valence-corrected chi connectivity index (χ2v) is 5.60. The first kappa shape index (κ1) is 14.4. The molecule has 0 aliphatic carbocycles. The topological polar surface area (TPSA) is 12.0 Å². The van der Waals surface area contributed by atoms with Gasteiger partial charge in [0.25, 0.3) is 0 Å². The number of nitrogens with one attached hydrogen (secondary N) is 1. The Morgan fingerprint density at radius 3 is 2.26 bits per heavy atom. The van der Waals surface area contributed by atoms with Crippen LogP contribution in [0.3, 0.4) is 0 Å². The maximum Gasteiger partial charge on any atom is 0.0408 e. The third kappa shape index (κ3) is 3.97. The average Bonchev–Trinajstić information content (AvgIpc) is 2.38. The molecule has 0 bridgehead atoms. The summed E-state index contributed by atoms with van der Waals surface area (Å²) in [6, 6.07) is 14.2. The van der Waals surface area contributed by atoms with E-state index in [-0.39, 0.29) is 6.04 Å². The Bertz CT molecular complexity index is 549. The predicted octanol–water partition coefficient (Wildman–Crippen LogP) is 5.15. The summed E-state index contributed by atoms with van der Waals surface area (Å²) < 4.78 is 0. The van der Waals surface area contributed by atoms with Crippen molar-refractivity contribution in [2.24, 2.45) is 0 Å².